The summed E-state index contributed by atoms with van der Waals surface area (Å²) in [4.78, 5) is 13.6. The van der Waals surface area contributed by atoms with Gasteiger partial charge < -0.3 is 14.6 Å². The van der Waals surface area contributed by atoms with Crippen LogP contribution in [0.4, 0.5) is 0 Å². The summed E-state index contributed by atoms with van der Waals surface area (Å²) in [5.41, 5.74) is 0. The predicted octanol–water partition coefficient (Wildman–Crippen LogP) is -0.123. The molecule has 0 spiro atoms. The first-order valence-corrected chi connectivity index (χ1v) is 5.64. The van der Waals surface area contributed by atoms with Crippen molar-refractivity contribution in [1.82, 2.24) is 4.90 Å². The lowest BCUT2D eigenvalue weighted by molar-refractivity contribution is -0.148. The van der Waals surface area contributed by atoms with Crippen LogP contribution in [-0.4, -0.2) is 61.5 Å². The van der Waals surface area contributed by atoms with E-state index >= 15 is 0 Å². The van der Waals surface area contributed by atoms with Crippen LogP contribution in [0.25, 0.3) is 0 Å². The Morgan fingerprint density at radius 3 is 2.88 bits per heavy atom. The number of esters is 1. The molecule has 0 saturated carbocycles. The molecule has 5 heteroatoms. The molecule has 94 valence electrons. The SMILES string of the molecule is COC(=O)C(C)C(C)N1CCOC(CO)C1. The summed E-state index contributed by atoms with van der Waals surface area (Å²) in [5, 5.41) is 9.04. The standard InChI is InChI=1S/C11H21NO4/c1-8(11(14)15-3)9(2)12-4-5-16-10(6-12)7-13/h8-10,13H,4-7H2,1-3H3. The lowest BCUT2D eigenvalue weighted by Gasteiger charge is -2.37. The molecule has 0 aliphatic carbocycles. The Balaban J connectivity index is 2.52. The van der Waals surface area contributed by atoms with Crippen molar-refractivity contribution in [2.75, 3.05) is 33.4 Å². The molecule has 0 radical (unpaired) electrons. The van der Waals surface area contributed by atoms with Gasteiger partial charge in [-0.2, -0.15) is 0 Å². The van der Waals surface area contributed by atoms with Crippen LogP contribution in [0.15, 0.2) is 0 Å². The van der Waals surface area contributed by atoms with E-state index in [0.29, 0.717) is 13.2 Å². The minimum absolute atomic E-state index is 0.0236. The van der Waals surface area contributed by atoms with Gasteiger partial charge in [-0.25, -0.2) is 0 Å². The summed E-state index contributed by atoms with van der Waals surface area (Å²) in [6, 6.07) is 0.102. The third kappa shape index (κ3) is 3.17. The van der Waals surface area contributed by atoms with Gasteiger partial charge in [-0.3, -0.25) is 9.69 Å². The van der Waals surface area contributed by atoms with E-state index < -0.39 is 0 Å². The number of nitrogens with zero attached hydrogens (tertiary/aromatic N) is 1. The average Bonchev–Trinajstić information content (AvgIpc) is 2.36. The van der Waals surface area contributed by atoms with E-state index in [4.69, 9.17) is 14.6 Å². The molecule has 1 aliphatic rings. The number of hydrogen-bond donors (Lipinski definition) is 1. The molecule has 5 nitrogen and oxygen atoms in total. The first-order chi connectivity index (χ1) is 7.60. The van der Waals surface area contributed by atoms with Gasteiger partial charge in [0.2, 0.25) is 0 Å². The van der Waals surface area contributed by atoms with Crippen molar-refractivity contribution < 1.29 is 19.4 Å². The molecule has 1 fully saturated rings. The Morgan fingerprint density at radius 2 is 2.31 bits per heavy atom. The van der Waals surface area contributed by atoms with Crippen LogP contribution in [-0.2, 0) is 14.3 Å². The second kappa shape index (κ2) is 6.18. The summed E-state index contributed by atoms with van der Waals surface area (Å²) >= 11 is 0. The van der Waals surface area contributed by atoms with Gasteiger partial charge in [0.05, 0.1) is 32.3 Å². The van der Waals surface area contributed by atoms with E-state index in [0.717, 1.165) is 6.54 Å². The number of hydrogen-bond acceptors (Lipinski definition) is 5. The summed E-state index contributed by atoms with van der Waals surface area (Å²) in [7, 11) is 1.40. The van der Waals surface area contributed by atoms with Crippen LogP contribution >= 0.6 is 0 Å². The quantitative estimate of drug-likeness (QED) is 0.683. The molecule has 0 aromatic carbocycles. The number of aliphatic hydroxyl groups excluding tert-OH is 1. The van der Waals surface area contributed by atoms with E-state index in [1.165, 1.54) is 7.11 Å². The summed E-state index contributed by atoms with van der Waals surface area (Å²) in [5.74, 6) is -0.359. The topological polar surface area (TPSA) is 59.0 Å². The largest absolute Gasteiger partial charge is 0.469 e. The zero-order valence-corrected chi connectivity index (χ0v) is 10.2. The zero-order valence-electron chi connectivity index (χ0n) is 10.2. The van der Waals surface area contributed by atoms with Gasteiger partial charge in [0.15, 0.2) is 0 Å². The molecule has 1 aliphatic heterocycles. The molecule has 1 rings (SSSR count). The fourth-order valence-corrected chi connectivity index (χ4v) is 1.92. The third-order valence-electron chi connectivity index (χ3n) is 3.25. The minimum Gasteiger partial charge on any atom is -0.469 e. The van der Waals surface area contributed by atoms with Crippen molar-refractivity contribution in [3.63, 3.8) is 0 Å². The van der Waals surface area contributed by atoms with Crippen molar-refractivity contribution >= 4 is 5.97 Å². The maximum atomic E-state index is 11.4. The smallest absolute Gasteiger partial charge is 0.309 e. The Morgan fingerprint density at radius 1 is 1.62 bits per heavy atom. The van der Waals surface area contributed by atoms with Crippen molar-refractivity contribution in [3.8, 4) is 0 Å². The average molecular weight is 231 g/mol. The number of morpholine rings is 1. The lowest BCUT2D eigenvalue weighted by atomic mass is 10.0. The first-order valence-electron chi connectivity index (χ1n) is 5.64. The van der Waals surface area contributed by atoms with Gasteiger partial charge in [-0.05, 0) is 6.92 Å². The fraction of sp³-hybridized carbons (Fsp3) is 0.909. The van der Waals surface area contributed by atoms with Gasteiger partial charge >= 0.3 is 5.97 Å². The van der Waals surface area contributed by atoms with Gasteiger partial charge in [0, 0.05) is 19.1 Å². The number of ether oxygens (including phenoxy) is 2. The number of rotatable bonds is 4. The van der Waals surface area contributed by atoms with Gasteiger partial charge in [-0.15, -0.1) is 0 Å². The highest BCUT2D eigenvalue weighted by atomic mass is 16.5. The molecule has 3 unspecified atom stereocenters. The Kier molecular flexibility index (Phi) is 5.18. The zero-order chi connectivity index (χ0) is 12.1. The lowest BCUT2D eigenvalue weighted by Crippen LogP contribution is -2.51. The third-order valence-corrected chi connectivity index (χ3v) is 3.25. The molecule has 1 heterocycles. The second-order valence-corrected chi connectivity index (χ2v) is 4.22. The van der Waals surface area contributed by atoms with E-state index in [1.54, 1.807) is 0 Å². The van der Waals surface area contributed by atoms with Gasteiger partial charge in [0.1, 0.15) is 0 Å². The van der Waals surface area contributed by atoms with Crippen molar-refractivity contribution in [2.24, 2.45) is 5.92 Å². The molecule has 0 bridgehead atoms. The van der Waals surface area contributed by atoms with Crippen molar-refractivity contribution in [3.05, 3.63) is 0 Å². The van der Waals surface area contributed by atoms with Crippen LogP contribution in [0.2, 0.25) is 0 Å². The van der Waals surface area contributed by atoms with Gasteiger partial charge in [-0.1, -0.05) is 6.92 Å². The molecule has 1 saturated heterocycles. The molecule has 0 aromatic rings. The molecule has 1 N–H and O–H groups in total. The Bertz CT molecular complexity index is 234. The van der Waals surface area contributed by atoms with E-state index in [-0.39, 0.29) is 30.6 Å². The Hall–Kier alpha value is -0.650. The normalized spacial score (nSPS) is 26.1. The van der Waals surface area contributed by atoms with Crippen molar-refractivity contribution in [2.45, 2.75) is 26.0 Å². The highest BCUT2D eigenvalue weighted by Crippen LogP contribution is 2.16. The molecular weight excluding hydrogens is 210 g/mol. The van der Waals surface area contributed by atoms with Crippen LogP contribution in [0.3, 0.4) is 0 Å². The van der Waals surface area contributed by atoms with E-state index in [1.807, 2.05) is 13.8 Å². The number of carbonyl (C=O) groups excluding carboxylic acids is 1. The predicted molar refractivity (Wildman–Crippen MR) is 59.0 cm³/mol. The maximum absolute atomic E-state index is 11.4. The molecule has 3 atom stereocenters. The fourth-order valence-electron chi connectivity index (χ4n) is 1.92. The number of methoxy groups -OCH3 is 1. The van der Waals surface area contributed by atoms with Crippen LogP contribution in [0, 0.1) is 5.92 Å². The molecule has 0 aromatic heterocycles. The molecule has 16 heavy (non-hydrogen) atoms. The highest BCUT2D eigenvalue weighted by molar-refractivity contribution is 5.72. The van der Waals surface area contributed by atoms with E-state index in [9.17, 15) is 4.79 Å². The minimum atomic E-state index is -0.195. The molecular formula is C11H21NO4. The Labute approximate surface area is 96.3 Å². The van der Waals surface area contributed by atoms with Crippen LogP contribution < -0.4 is 0 Å². The number of carbonyl (C=O) groups is 1. The van der Waals surface area contributed by atoms with Crippen LogP contribution in [0.5, 0.6) is 0 Å². The maximum Gasteiger partial charge on any atom is 0.309 e. The molecule has 0 amide bonds. The second-order valence-electron chi connectivity index (χ2n) is 4.22. The van der Waals surface area contributed by atoms with Crippen molar-refractivity contribution in [1.29, 1.82) is 0 Å². The van der Waals surface area contributed by atoms with E-state index in [2.05, 4.69) is 4.90 Å². The van der Waals surface area contributed by atoms with Crippen LogP contribution in [0.1, 0.15) is 13.8 Å². The first kappa shape index (κ1) is 13.4. The summed E-state index contributed by atoms with van der Waals surface area (Å²) in [6.45, 7) is 5.94. The number of aliphatic hydroxyl groups is 1. The monoisotopic (exact) mass is 231 g/mol. The van der Waals surface area contributed by atoms with Gasteiger partial charge in [0.25, 0.3) is 0 Å². The summed E-state index contributed by atoms with van der Waals surface area (Å²) < 4.78 is 10.1. The highest BCUT2D eigenvalue weighted by Gasteiger charge is 2.30. The summed E-state index contributed by atoms with van der Waals surface area (Å²) in [6.07, 6.45) is -0.138.